The Morgan fingerprint density at radius 1 is 1.33 bits per heavy atom. The van der Waals surface area contributed by atoms with Gasteiger partial charge in [-0.25, -0.2) is 0 Å². The largest absolute Gasteiger partial charge is 0.481 e. The van der Waals surface area contributed by atoms with E-state index >= 15 is 0 Å². The molecule has 0 aliphatic heterocycles. The molecule has 1 aromatic rings. The number of carbonyl (C=O) groups is 1. The molecule has 24 heavy (non-hydrogen) atoms. The van der Waals surface area contributed by atoms with Crippen molar-refractivity contribution in [2.24, 2.45) is 5.92 Å². The van der Waals surface area contributed by atoms with E-state index in [1.165, 1.54) is 32.1 Å². The first-order valence-corrected chi connectivity index (χ1v) is 9.05. The van der Waals surface area contributed by atoms with Gasteiger partial charge in [-0.05, 0) is 12.3 Å². The van der Waals surface area contributed by atoms with Crippen LogP contribution in [0.15, 0.2) is 4.52 Å². The Morgan fingerprint density at radius 3 is 2.83 bits per heavy atom. The molecule has 1 aliphatic carbocycles. The first-order chi connectivity index (χ1) is 11.7. The van der Waals surface area contributed by atoms with E-state index in [-0.39, 0.29) is 18.9 Å². The lowest BCUT2D eigenvalue weighted by atomic mass is 9.84. The lowest BCUT2D eigenvalue weighted by Crippen LogP contribution is -2.18. The summed E-state index contributed by atoms with van der Waals surface area (Å²) in [7, 11) is 0. The van der Waals surface area contributed by atoms with E-state index < -0.39 is 5.97 Å². The molecule has 1 fully saturated rings. The highest BCUT2D eigenvalue weighted by atomic mass is 16.5. The predicted molar refractivity (Wildman–Crippen MR) is 88.5 cm³/mol. The molecule has 0 unspecified atom stereocenters. The Hall–Kier alpha value is -1.47. The van der Waals surface area contributed by atoms with Crippen molar-refractivity contribution in [3.63, 3.8) is 0 Å². The highest BCUT2D eigenvalue weighted by Crippen LogP contribution is 2.31. The Kier molecular flexibility index (Phi) is 8.18. The maximum absolute atomic E-state index is 11.1. The van der Waals surface area contributed by atoms with E-state index in [1.807, 2.05) is 0 Å². The molecule has 136 valence electrons. The average Bonchev–Trinajstić information content (AvgIpc) is 3.04. The summed E-state index contributed by atoms with van der Waals surface area (Å²) in [4.78, 5) is 15.5. The second-order valence-electron chi connectivity index (χ2n) is 6.68. The van der Waals surface area contributed by atoms with Crippen LogP contribution in [0, 0.1) is 5.92 Å². The number of carboxylic acids is 1. The Labute approximate surface area is 142 Å². The third kappa shape index (κ3) is 6.57. The molecule has 0 bridgehead atoms. The van der Waals surface area contributed by atoms with Gasteiger partial charge in [0.25, 0.3) is 0 Å². The number of aliphatic hydroxyl groups is 1. The summed E-state index contributed by atoms with van der Waals surface area (Å²) in [6.45, 7) is 0.920. The highest BCUT2D eigenvalue weighted by Gasteiger charge is 2.23. The first kappa shape index (κ1) is 18.9. The minimum absolute atomic E-state index is 0.0242. The summed E-state index contributed by atoms with van der Waals surface area (Å²) in [6, 6.07) is 0. The second kappa shape index (κ2) is 10.4. The lowest BCUT2D eigenvalue weighted by Gasteiger charge is -2.21. The summed E-state index contributed by atoms with van der Waals surface area (Å²) < 4.78 is 5.27. The van der Waals surface area contributed by atoms with E-state index in [4.69, 9.17) is 14.7 Å². The van der Waals surface area contributed by atoms with Crippen LogP contribution in [0.2, 0.25) is 0 Å². The van der Waals surface area contributed by atoms with Crippen LogP contribution in [-0.4, -0.2) is 39.5 Å². The van der Waals surface area contributed by atoms with E-state index in [0.717, 1.165) is 25.2 Å². The fourth-order valence-electron chi connectivity index (χ4n) is 3.44. The molecule has 0 spiro atoms. The number of hydrogen-bond donors (Lipinski definition) is 3. The molecule has 1 aromatic heterocycles. The smallest absolute Gasteiger partial charge is 0.304 e. The topological polar surface area (TPSA) is 108 Å². The highest BCUT2D eigenvalue weighted by molar-refractivity contribution is 5.67. The van der Waals surface area contributed by atoms with Gasteiger partial charge in [-0.1, -0.05) is 50.1 Å². The molecule has 7 nitrogen and oxygen atoms in total. The van der Waals surface area contributed by atoms with Crippen LogP contribution in [0.3, 0.4) is 0 Å². The van der Waals surface area contributed by atoms with Gasteiger partial charge < -0.3 is 20.1 Å². The quantitative estimate of drug-likeness (QED) is 0.531. The molecule has 0 saturated heterocycles. The van der Waals surface area contributed by atoms with Crippen LogP contribution in [-0.2, 0) is 11.3 Å². The van der Waals surface area contributed by atoms with Crippen molar-refractivity contribution >= 4 is 5.97 Å². The van der Waals surface area contributed by atoms with Crippen molar-refractivity contribution in [1.29, 1.82) is 0 Å². The number of aliphatic carboxylic acids is 1. The van der Waals surface area contributed by atoms with Gasteiger partial charge in [0.1, 0.15) is 0 Å². The van der Waals surface area contributed by atoms with E-state index in [9.17, 15) is 4.79 Å². The van der Waals surface area contributed by atoms with Gasteiger partial charge in [0.15, 0.2) is 5.82 Å². The van der Waals surface area contributed by atoms with E-state index in [1.54, 1.807) is 0 Å². The van der Waals surface area contributed by atoms with Crippen LogP contribution < -0.4 is 5.32 Å². The lowest BCUT2D eigenvalue weighted by molar-refractivity contribution is -0.137. The third-order valence-corrected chi connectivity index (χ3v) is 4.72. The fraction of sp³-hybridized carbons (Fsp3) is 0.824. The van der Waals surface area contributed by atoms with Crippen molar-refractivity contribution in [3.05, 3.63) is 11.7 Å². The monoisotopic (exact) mass is 339 g/mol. The Morgan fingerprint density at radius 2 is 2.12 bits per heavy atom. The predicted octanol–water partition coefficient (Wildman–Crippen LogP) is 2.46. The number of aromatic nitrogens is 2. The number of hydrogen-bond acceptors (Lipinski definition) is 6. The van der Waals surface area contributed by atoms with Gasteiger partial charge in [-0.3, -0.25) is 4.79 Å². The van der Waals surface area contributed by atoms with Gasteiger partial charge in [0.05, 0.1) is 19.6 Å². The van der Waals surface area contributed by atoms with Gasteiger partial charge >= 0.3 is 5.97 Å². The molecule has 2 rings (SSSR count). The van der Waals surface area contributed by atoms with Crippen LogP contribution in [0.1, 0.15) is 75.4 Å². The number of nitrogens with one attached hydrogen (secondary N) is 1. The van der Waals surface area contributed by atoms with Crippen LogP contribution >= 0.6 is 0 Å². The molecule has 7 heteroatoms. The SMILES string of the molecule is O=C(O)C[C@@H](CCCC1CCCCC1)c1nc(CNCCO)no1. The van der Waals surface area contributed by atoms with Gasteiger partial charge in [-0.15, -0.1) is 0 Å². The maximum Gasteiger partial charge on any atom is 0.304 e. The zero-order valence-electron chi connectivity index (χ0n) is 14.2. The molecular weight excluding hydrogens is 310 g/mol. The fourth-order valence-corrected chi connectivity index (χ4v) is 3.44. The molecular formula is C17H29N3O4. The van der Waals surface area contributed by atoms with Gasteiger partial charge in [0.2, 0.25) is 5.89 Å². The summed E-state index contributed by atoms with van der Waals surface area (Å²) in [5, 5.41) is 24.8. The molecule has 0 aromatic carbocycles. The van der Waals surface area contributed by atoms with Crippen LogP contribution in [0.25, 0.3) is 0 Å². The van der Waals surface area contributed by atoms with Crippen molar-refractivity contribution in [1.82, 2.24) is 15.5 Å². The number of rotatable bonds is 11. The molecule has 3 N–H and O–H groups in total. The van der Waals surface area contributed by atoms with Crippen molar-refractivity contribution in [2.75, 3.05) is 13.2 Å². The molecule has 1 saturated carbocycles. The van der Waals surface area contributed by atoms with E-state index in [0.29, 0.717) is 24.8 Å². The van der Waals surface area contributed by atoms with Crippen molar-refractivity contribution < 1.29 is 19.5 Å². The number of aliphatic hydroxyl groups excluding tert-OH is 1. The number of nitrogens with zero attached hydrogens (tertiary/aromatic N) is 2. The minimum atomic E-state index is -0.837. The molecule has 0 radical (unpaired) electrons. The van der Waals surface area contributed by atoms with Crippen LogP contribution in [0.4, 0.5) is 0 Å². The minimum Gasteiger partial charge on any atom is -0.481 e. The molecule has 1 heterocycles. The summed E-state index contributed by atoms with van der Waals surface area (Å²) in [6.07, 6.45) is 9.60. The average molecular weight is 339 g/mol. The van der Waals surface area contributed by atoms with Crippen molar-refractivity contribution in [3.8, 4) is 0 Å². The molecule has 1 atom stereocenters. The second-order valence-corrected chi connectivity index (χ2v) is 6.68. The zero-order chi connectivity index (χ0) is 17.2. The summed E-state index contributed by atoms with van der Waals surface area (Å²) in [5.41, 5.74) is 0. The standard InChI is InChI=1S/C17H29N3O4/c21-10-9-18-12-15-19-17(24-20-15)14(11-16(22)23)8-4-7-13-5-2-1-3-6-13/h13-14,18,21H,1-12H2,(H,22,23)/t14-/m1/s1. The van der Waals surface area contributed by atoms with Crippen molar-refractivity contribution in [2.45, 2.75) is 70.3 Å². The summed E-state index contributed by atoms with van der Waals surface area (Å²) in [5.74, 6) is 0.661. The van der Waals surface area contributed by atoms with Gasteiger partial charge in [0, 0.05) is 12.5 Å². The Bertz CT molecular complexity index is 486. The summed E-state index contributed by atoms with van der Waals surface area (Å²) >= 11 is 0. The molecule has 1 aliphatic rings. The molecule has 0 amide bonds. The van der Waals surface area contributed by atoms with E-state index in [2.05, 4.69) is 15.5 Å². The zero-order valence-corrected chi connectivity index (χ0v) is 14.2. The maximum atomic E-state index is 11.1. The van der Waals surface area contributed by atoms with Crippen LogP contribution in [0.5, 0.6) is 0 Å². The normalized spacial score (nSPS) is 17.0. The first-order valence-electron chi connectivity index (χ1n) is 9.05. The number of carboxylic acid groups (broad SMARTS) is 1. The third-order valence-electron chi connectivity index (χ3n) is 4.72. The Balaban J connectivity index is 1.83. The van der Waals surface area contributed by atoms with Gasteiger partial charge in [-0.2, -0.15) is 4.98 Å².